The van der Waals surface area contributed by atoms with Crippen molar-refractivity contribution in [1.82, 2.24) is 35.8 Å². The highest BCUT2D eigenvalue weighted by Crippen LogP contribution is 2.39. The highest BCUT2D eigenvalue weighted by molar-refractivity contribution is 7.70. The lowest BCUT2D eigenvalue weighted by Crippen LogP contribution is -2.57. The molecule has 4 amide bonds. The van der Waals surface area contributed by atoms with Gasteiger partial charge in [-0.2, -0.15) is 4.98 Å². The Hall–Kier alpha value is -6.23. The predicted octanol–water partition coefficient (Wildman–Crippen LogP) is 7.05. The van der Waals surface area contributed by atoms with Gasteiger partial charge in [0.05, 0.1) is 99.7 Å². The number of carbonyl (C=O) groups excluding carboxylic acids is 4. The fraction of sp³-hybridized carbons (Fsp3) is 0.500. The summed E-state index contributed by atoms with van der Waals surface area (Å²) in [7, 11) is -0.975. The summed E-state index contributed by atoms with van der Waals surface area (Å²) in [6, 6.07) is 19.3. The molecule has 2 aromatic heterocycles. The fourth-order valence-corrected chi connectivity index (χ4v) is 11.6. The number of β-amino-alcohol motifs (C(OH)–C–C–N with tert-alkyl or cyclic N) is 1. The number of likely N-dealkylation sites (tertiary alicyclic amines) is 1. The van der Waals surface area contributed by atoms with E-state index in [1.165, 1.54) is 11.1 Å². The summed E-state index contributed by atoms with van der Waals surface area (Å²) in [4.78, 5) is 71.2. The molecule has 2 saturated heterocycles. The molecule has 0 unspecified atom stereocenters. The van der Waals surface area contributed by atoms with Crippen LogP contribution < -0.4 is 41.5 Å². The maximum atomic E-state index is 14.0. The smallest absolute Gasteiger partial charge is 0.246 e. The molecule has 2 fully saturated rings. The van der Waals surface area contributed by atoms with Gasteiger partial charge >= 0.3 is 0 Å². The maximum Gasteiger partial charge on any atom is 0.246 e. The first-order valence-electron chi connectivity index (χ1n) is 27.6. The number of hydrogen-bond acceptors (Lipinski definition) is 18. The van der Waals surface area contributed by atoms with Crippen LogP contribution >= 0.6 is 30.1 Å². The molecule has 82 heavy (non-hydrogen) atoms. The first-order valence-corrected chi connectivity index (χ1v) is 31.4. The van der Waals surface area contributed by atoms with Crippen molar-refractivity contribution in [3.63, 3.8) is 0 Å². The van der Waals surface area contributed by atoms with E-state index in [1.54, 1.807) is 31.8 Å². The standard InChI is InChI=1S/C58H78ClN10O11PS/c1-38-52(82-37-62-38)40-14-12-39(13-15-40)34-60-55(73)47-33-43(70)36-69(47)56(74)53(58(2,3)4)66-51(72)21-25-78-27-29-80-31-30-79-28-26-77-24-20-50(71)63-41-18-22-68(23-19-41)42-16-17-45(48(32-42)76-5)65-57-61-35-44(59)54(67-57)64-46-10-8-9-11-49(46)81(6,7)75/h8-17,32,35,37,41,43,47,53,70H,18-31,33-34,36H2,1-7H3,(H,60,73)(H,63,71)(H,66,72)(H2,61,64,65,67)/t43-,47+,53-/m1/s1. The van der Waals surface area contributed by atoms with Crippen LogP contribution in [0.5, 0.6) is 5.75 Å². The lowest BCUT2D eigenvalue weighted by molar-refractivity contribution is -0.144. The number of benzene rings is 3. The van der Waals surface area contributed by atoms with Crippen LogP contribution in [0.15, 0.2) is 78.4 Å². The number of carbonyl (C=O) groups is 4. The van der Waals surface area contributed by atoms with E-state index in [4.69, 9.17) is 35.3 Å². The quantitative estimate of drug-likeness (QED) is 0.0207. The van der Waals surface area contributed by atoms with Crippen LogP contribution in [0, 0.1) is 12.3 Å². The Bertz CT molecular complexity index is 2970. The molecule has 6 N–H and O–H groups in total. The van der Waals surface area contributed by atoms with Gasteiger partial charge in [-0.3, -0.25) is 19.2 Å². The fourth-order valence-electron chi connectivity index (χ4n) is 9.48. The number of thiazole rings is 1. The van der Waals surface area contributed by atoms with Crippen molar-refractivity contribution in [3.05, 3.63) is 94.7 Å². The third-order valence-electron chi connectivity index (χ3n) is 13.9. The second kappa shape index (κ2) is 30.4. The van der Waals surface area contributed by atoms with E-state index < -0.39 is 36.7 Å². The van der Waals surface area contributed by atoms with Crippen LogP contribution in [0.25, 0.3) is 10.4 Å². The number of hydrogen-bond donors (Lipinski definition) is 6. The molecule has 0 spiro atoms. The average Bonchev–Trinajstić information content (AvgIpc) is 4.20. The number of para-hydroxylation sites is 1. The third kappa shape index (κ3) is 18.6. The number of halogens is 1. The van der Waals surface area contributed by atoms with Crippen LogP contribution in [0.3, 0.4) is 0 Å². The topological polar surface area (TPSA) is 257 Å². The SMILES string of the molecule is COc1cc(N2CCC(NC(=O)CCOCCOCCOCCOCCC(=O)N[C@H](C(=O)N3C[C@H](O)C[C@H]3C(=O)NCc3ccc(-c4scnc4C)cc3)C(C)(C)C)CC2)ccc1Nc1ncc(Cl)c(Nc2ccccc2P(C)(C)=O)n1. The maximum absolute atomic E-state index is 14.0. The predicted molar refractivity (Wildman–Crippen MR) is 320 cm³/mol. The van der Waals surface area contributed by atoms with E-state index in [9.17, 15) is 28.8 Å². The Balaban J connectivity index is 0.703. The van der Waals surface area contributed by atoms with Crippen LogP contribution in [0.2, 0.25) is 5.02 Å². The second-order valence-corrected chi connectivity index (χ2v) is 26.1. The van der Waals surface area contributed by atoms with E-state index >= 15 is 0 Å². The first kappa shape index (κ1) is 63.4. The van der Waals surface area contributed by atoms with Gasteiger partial charge in [0.15, 0.2) is 5.82 Å². The van der Waals surface area contributed by atoms with E-state index in [2.05, 4.69) is 46.4 Å². The zero-order valence-corrected chi connectivity index (χ0v) is 50.3. The van der Waals surface area contributed by atoms with Crippen molar-refractivity contribution in [2.45, 2.75) is 90.6 Å². The lowest BCUT2D eigenvalue weighted by Gasteiger charge is -2.35. The number of rotatable bonds is 29. The van der Waals surface area contributed by atoms with Gasteiger partial charge in [-0.15, -0.1) is 11.3 Å². The van der Waals surface area contributed by atoms with Crippen molar-refractivity contribution in [1.29, 1.82) is 0 Å². The molecular formula is C58H78ClN10O11PS. The summed E-state index contributed by atoms with van der Waals surface area (Å²) in [5.41, 5.74) is 6.32. The van der Waals surface area contributed by atoms with Gasteiger partial charge in [0.25, 0.3) is 0 Å². The first-order chi connectivity index (χ1) is 39.3. The van der Waals surface area contributed by atoms with Gasteiger partial charge in [-0.25, -0.2) is 9.97 Å². The number of aliphatic hydroxyl groups is 1. The molecule has 0 bridgehead atoms. The number of aromatic nitrogens is 3. The zero-order chi connectivity index (χ0) is 58.8. The molecule has 5 aromatic rings. The van der Waals surface area contributed by atoms with E-state index in [0.717, 1.165) is 53.3 Å². The molecule has 21 nitrogen and oxygen atoms in total. The highest BCUT2D eigenvalue weighted by Gasteiger charge is 2.44. The van der Waals surface area contributed by atoms with E-state index in [0.29, 0.717) is 72.3 Å². The van der Waals surface area contributed by atoms with Gasteiger partial charge in [-0.05, 0) is 73.9 Å². The molecule has 444 valence electrons. The summed E-state index contributed by atoms with van der Waals surface area (Å²) >= 11 is 8.04. The number of nitrogens with zero attached hydrogens (tertiary/aromatic N) is 5. The minimum absolute atomic E-state index is 0.0126. The summed E-state index contributed by atoms with van der Waals surface area (Å²) in [6.45, 7) is 14.9. The summed E-state index contributed by atoms with van der Waals surface area (Å²) in [5, 5.41) is 26.9. The average molecular weight is 1190 g/mol. The van der Waals surface area contributed by atoms with Crippen molar-refractivity contribution in [2.75, 3.05) is 108 Å². The summed E-state index contributed by atoms with van der Waals surface area (Å²) < 4.78 is 41.1. The Morgan fingerprint density at radius 1 is 0.841 bits per heavy atom. The Kier molecular flexibility index (Phi) is 23.5. The van der Waals surface area contributed by atoms with E-state index in [1.807, 2.05) is 99.9 Å². The van der Waals surface area contributed by atoms with Crippen molar-refractivity contribution in [3.8, 4) is 16.2 Å². The Labute approximate surface area is 489 Å². The number of piperidine rings is 1. The lowest BCUT2D eigenvalue weighted by atomic mass is 9.85. The van der Waals surface area contributed by atoms with Gasteiger partial charge in [0.2, 0.25) is 29.6 Å². The van der Waals surface area contributed by atoms with Gasteiger partial charge in [0, 0.05) is 68.5 Å². The van der Waals surface area contributed by atoms with Crippen LogP contribution in [0.1, 0.15) is 64.1 Å². The highest BCUT2D eigenvalue weighted by atomic mass is 35.5. The summed E-state index contributed by atoms with van der Waals surface area (Å²) in [5.74, 6) is 0.0273. The van der Waals surface area contributed by atoms with Crippen molar-refractivity contribution < 1.29 is 52.5 Å². The van der Waals surface area contributed by atoms with Gasteiger partial charge in [0.1, 0.15) is 30.0 Å². The number of nitrogens with one attached hydrogen (secondary N) is 5. The van der Waals surface area contributed by atoms with Gasteiger partial charge < -0.3 is 69.7 Å². The number of aryl methyl sites for hydroxylation is 1. The molecule has 7 rings (SSSR count). The molecule has 2 aliphatic heterocycles. The number of ether oxygens (including phenoxy) is 5. The molecule has 3 atom stereocenters. The van der Waals surface area contributed by atoms with E-state index in [-0.39, 0.29) is 75.9 Å². The van der Waals surface area contributed by atoms with Crippen LogP contribution in [0.4, 0.5) is 28.8 Å². The molecule has 0 aliphatic carbocycles. The summed E-state index contributed by atoms with van der Waals surface area (Å²) in [6.07, 6.45) is 2.54. The molecular weight excluding hydrogens is 1110 g/mol. The molecule has 0 saturated carbocycles. The molecule has 24 heteroatoms. The Morgan fingerprint density at radius 3 is 2.11 bits per heavy atom. The molecule has 4 heterocycles. The monoisotopic (exact) mass is 1190 g/mol. The molecule has 2 aliphatic rings. The van der Waals surface area contributed by atoms with Crippen molar-refractivity contribution >= 4 is 87.8 Å². The van der Waals surface area contributed by atoms with Crippen LogP contribution in [-0.2, 0) is 49.2 Å². The molecule has 3 aromatic carbocycles. The second-order valence-electron chi connectivity index (χ2n) is 21.6. The normalized spacial score (nSPS) is 16.2. The largest absolute Gasteiger partial charge is 0.494 e. The number of aliphatic hydroxyl groups excluding tert-OH is 1. The minimum Gasteiger partial charge on any atom is -0.494 e. The van der Waals surface area contributed by atoms with Crippen molar-refractivity contribution in [2.24, 2.45) is 5.41 Å². The minimum atomic E-state index is -2.58. The Morgan fingerprint density at radius 2 is 1.49 bits per heavy atom. The number of anilines is 5. The zero-order valence-electron chi connectivity index (χ0n) is 47.8. The number of methoxy groups -OCH3 is 1. The van der Waals surface area contributed by atoms with Gasteiger partial charge in [-0.1, -0.05) is 68.8 Å². The number of amides is 4. The third-order valence-corrected chi connectivity index (χ3v) is 16.7. The molecule has 0 radical (unpaired) electrons. The van der Waals surface area contributed by atoms with Crippen LogP contribution in [-0.4, -0.2) is 166 Å².